The first kappa shape index (κ1) is 19.3. The Morgan fingerprint density at radius 1 is 1.21 bits per heavy atom. The highest BCUT2D eigenvalue weighted by atomic mass is 32.2. The minimum atomic E-state index is -0.0430. The molecule has 148 valence electrons. The van der Waals surface area contributed by atoms with Crippen LogP contribution in [0, 0.1) is 0 Å². The number of carbonyl (C=O) groups excluding carboxylic acids is 1. The molecule has 4 rings (SSSR count). The molecule has 1 amide bonds. The fourth-order valence-electron chi connectivity index (χ4n) is 3.81. The number of fused-ring (bicyclic) bond motifs is 1. The number of nitrogens with zero attached hydrogens (tertiary/aromatic N) is 1. The molecule has 6 heteroatoms. The molecule has 2 aliphatic heterocycles. The summed E-state index contributed by atoms with van der Waals surface area (Å²) in [6.45, 7) is 3.80. The minimum absolute atomic E-state index is 0.0430. The Bertz CT molecular complexity index is 781. The van der Waals surface area contributed by atoms with Gasteiger partial charge in [-0.2, -0.15) is 0 Å². The van der Waals surface area contributed by atoms with Gasteiger partial charge in [-0.15, -0.1) is 11.8 Å². The van der Waals surface area contributed by atoms with E-state index in [2.05, 4.69) is 34.5 Å². The summed E-state index contributed by atoms with van der Waals surface area (Å²) >= 11 is 1.67. The number of carbonyl (C=O) groups is 1. The van der Waals surface area contributed by atoms with E-state index >= 15 is 0 Å². The lowest BCUT2D eigenvalue weighted by molar-refractivity contribution is -0.120. The van der Waals surface area contributed by atoms with Gasteiger partial charge in [-0.25, -0.2) is 0 Å². The predicted octanol–water partition coefficient (Wildman–Crippen LogP) is 2.90. The normalized spacial score (nSPS) is 20.4. The van der Waals surface area contributed by atoms with Gasteiger partial charge in [0.15, 0.2) is 0 Å². The Hall–Kier alpha value is -2.02. The van der Waals surface area contributed by atoms with E-state index in [0.29, 0.717) is 6.54 Å². The standard InChI is InChI=1S/C22H26N2O3S/c1-26-18-8-6-16(7-9-18)19(24-10-12-27-13-11-24)15-23-22(25)21-14-17-4-2-3-5-20(17)28-21/h2-9,19,21H,10-15H2,1H3,(H,23,25)/t19-,21+/m1/s1. The monoisotopic (exact) mass is 398 g/mol. The summed E-state index contributed by atoms with van der Waals surface area (Å²) in [5.74, 6) is 0.960. The van der Waals surface area contributed by atoms with Crippen LogP contribution in [-0.4, -0.2) is 56.0 Å². The van der Waals surface area contributed by atoms with Crippen molar-refractivity contribution in [3.8, 4) is 5.75 Å². The van der Waals surface area contributed by atoms with Crippen molar-refractivity contribution in [2.45, 2.75) is 22.6 Å². The van der Waals surface area contributed by atoms with Crippen LogP contribution in [0.5, 0.6) is 5.75 Å². The highest BCUT2D eigenvalue weighted by Gasteiger charge is 2.29. The number of amides is 1. The van der Waals surface area contributed by atoms with E-state index in [9.17, 15) is 4.79 Å². The molecule has 1 N–H and O–H groups in total. The van der Waals surface area contributed by atoms with Crippen LogP contribution >= 0.6 is 11.8 Å². The van der Waals surface area contributed by atoms with Gasteiger partial charge < -0.3 is 14.8 Å². The molecule has 28 heavy (non-hydrogen) atoms. The maximum absolute atomic E-state index is 12.8. The second-order valence-electron chi connectivity index (χ2n) is 7.10. The summed E-state index contributed by atoms with van der Waals surface area (Å²) in [5.41, 5.74) is 2.46. The third-order valence-corrected chi connectivity index (χ3v) is 6.71. The van der Waals surface area contributed by atoms with Gasteiger partial charge >= 0.3 is 0 Å². The van der Waals surface area contributed by atoms with Gasteiger partial charge in [0, 0.05) is 24.5 Å². The van der Waals surface area contributed by atoms with E-state index in [0.717, 1.165) is 38.5 Å². The lowest BCUT2D eigenvalue weighted by Gasteiger charge is -2.35. The zero-order valence-electron chi connectivity index (χ0n) is 16.1. The summed E-state index contributed by atoms with van der Waals surface area (Å²) in [4.78, 5) is 16.5. The van der Waals surface area contributed by atoms with Gasteiger partial charge in [0.1, 0.15) is 5.75 Å². The SMILES string of the molecule is COc1ccc([C@@H](CNC(=O)[C@@H]2Cc3ccccc3S2)N2CCOCC2)cc1. The van der Waals surface area contributed by atoms with Gasteiger partial charge in [0.25, 0.3) is 0 Å². The summed E-state index contributed by atoms with van der Waals surface area (Å²) in [7, 11) is 1.67. The first-order chi connectivity index (χ1) is 13.7. The molecule has 2 heterocycles. The molecule has 0 saturated carbocycles. The van der Waals surface area contributed by atoms with Crippen molar-refractivity contribution < 1.29 is 14.3 Å². The number of rotatable bonds is 6. The summed E-state index contributed by atoms with van der Waals surface area (Å²) in [5, 5.41) is 3.17. The lowest BCUT2D eigenvalue weighted by Crippen LogP contribution is -2.45. The quantitative estimate of drug-likeness (QED) is 0.811. The van der Waals surface area contributed by atoms with Crippen molar-refractivity contribution in [1.82, 2.24) is 10.2 Å². The molecule has 0 aliphatic carbocycles. The van der Waals surface area contributed by atoms with Crippen LogP contribution in [0.1, 0.15) is 17.2 Å². The molecule has 1 saturated heterocycles. The Balaban J connectivity index is 1.42. The molecule has 0 spiro atoms. The molecule has 5 nitrogen and oxygen atoms in total. The highest BCUT2D eigenvalue weighted by Crippen LogP contribution is 2.36. The Morgan fingerprint density at radius 2 is 1.96 bits per heavy atom. The first-order valence-corrected chi connectivity index (χ1v) is 10.6. The topological polar surface area (TPSA) is 50.8 Å². The van der Waals surface area contributed by atoms with Crippen molar-refractivity contribution in [2.75, 3.05) is 40.0 Å². The lowest BCUT2D eigenvalue weighted by atomic mass is 10.0. The number of hydrogen-bond donors (Lipinski definition) is 1. The van der Waals surface area contributed by atoms with Crippen LogP contribution in [-0.2, 0) is 16.0 Å². The largest absolute Gasteiger partial charge is 0.497 e. The number of benzene rings is 2. The van der Waals surface area contributed by atoms with Gasteiger partial charge in [-0.3, -0.25) is 9.69 Å². The number of morpholine rings is 1. The Morgan fingerprint density at radius 3 is 2.68 bits per heavy atom. The van der Waals surface area contributed by atoms with E-state index < -0.39 is 0 Å². The molecule has 0 bridgehead atoms. The summed E-state index contributed by atoms with van der Waals surface area (Å²) in [6.07, 6.45) is 0.803. The van der Waals surface area contributed by atoms with E-state index in [4.69, 9.17) is 9.47 Å². The average Bonchev–Trinajstić information content (AvgIpc) is 3.19. The van der Waals surface area contributed by atoms with Gasteiger partial charge in [0.2, 0.25) is 5.91 Å². The maximum atomic E-state index is 12.8. The van der Waals surface area contributed by atoms with Crippen molar-refractivity contribution in [3.63, 3.8) is 0 Å². The second-order valence-corrected chi connectivity index (χ2v) is 8.35. The average molecular weight is 399 g/mol. The van der Waals surface area contributed by atoms with Crippen LogP contribution in [0.2, 0.25) is 0 Å². The zero-order valence-corrected chi connectivity index (χ0v) is 16.9. The van der Waals surface area contributed by atoms with Crippen molar-refractivity contribution >= 4 is 17.7 Å². The summed E-state index contributed by atoms with van der Waals surface area (Å²) < 4.78 is 10.8. The van der Waals surface area contributed by atoms with Crippen molar-refractivity contribution in [3.05, 3.63) is 59.7 Å². The van der Waals surface area contributed by atoms with Crippen molar-refractivity contribution in [2.24, 2.45) is 0 Å². The van der Waals surface area contributed by atoms with Crippen LogP contribution in [0.15, 0.2) is 53.4 Å². The molecule has 2 aromatic rings. The Labute approximate surface area is 170 Å². The van der Waals surface area contributed by atoms with Gasteiger partial charge in [-0.1, -0.05) is 30.3 Å². The predicted molar refractivity (Wildman–Crippen MR) is 111 cm³/mol. The van der Waals surface area contributed by atoms with Crippen LogP contribution in [0.25, 0.3) is 0 Å². The molecule has 0 radical (unpaired) electrons. The zero-order chi connectivity index (χ0) is 19.3. The molecule has 2 aromatic carbocycles. The fourth-order valence-corrected chi connectivity index (χ4v) is 5.03. The van der Waals surface area contributed by atoms with E-state index in [1.807, 2.05) is 24.3 Å². The first-order valence-electron chi connectivity index (χ1n) is 9.72. The number of ether oxygens (including phenoxy) is 2. The minimum Gasteiger partial charge on any atom is -0.497 e. The third kappa shape index (κ3) is 4.35. The molecule has 2 atom stereocenters. The molecular weight excluding hydrogens is 372 g/mol. The van der Waals surface area contributed by atoms with Crippen LogP contribution in [0.4, 0.5) is 0 Å². The molecule has 0 aromatic heterocycles. The fraction of sp³-hybridized carbons (Fsp3) is 0.409. The van der Waals surface area contributed by atoms with E-state index in [1.54, 1.807) is 18.9 Å². The molecular formula is C22H26N2O3S. The third-order valence-electron chi connectivity index (χ3n) is 5.40. The number of thioether (sulfide) groups is 1. The van der Waals surface area contributed by atoms with Gasteiger partial charge in [0.05, 0.1) is 31.6 Å². The molecule has 2 aliphatic rings. The van der Waals surface area contributed by atoms with E-state index in [1.165, 1.54) is 16.0 Å². The molecule has 0 unspecified atom stereocenters. The number of methoxy groups -OCH3 is 1. The second kappa shape index (κ2) is 8.99. The highest BCUT2D eigenvalue weighted by molar-refractivity contribution is 8.01. The van der Waals surface area contributed by atoms with Crippen LogP contribution < -0.4 is 10.1 Å². The number of hydrogen-bond acceptors (Lipinski definition) is 5. The van der Waals surface area contributed by atoms with E-state index in [-0.39, 0.29) is 17.2 Å². The van der Waals surface area contributed by atoms with Crippen LogP contribution in [0.3, 0.4) is 0 Å². The smallest absolute Gasteiger partial charge is 0.233 e. The Kier molecular flexibility index (Phi) is 6.20. The van der Waals surface area contributed by atoms with Gasteiger partial charge in [-0.05, 0) is 35.7 Å². The van der Waals surface area contributed by atoms with Crippen molar-refractivity contribution in [1.29, 1.82) is 0 Å². The number of nitrogens with one attached hydrogen (secondary N) is 1. The molecule has 1 fully saturated rings. The summed E-state index contributed by atoms with van der Waals surface area (Å²) in [6, 6.07) is 16.6. The maximum Gasteiger partial charge on any atom is 0.233 e.